The average molecular weight is 212 g/mol. The predicted molar refractivity (Wildman–Crippen MR) is 54.2 cm³/mol. The molecule has 0 fully saturated rings. The van der Waals surface area contributed by atoms with E-state index in [1.807, 2.05) is 0 Å². The van der Waals surface area contributed by atoms with Crippen molar-refractivity contribution in [3.63, 3.8) is 0 Å². The van der Waals surface area contributed by atoms with E-state index in [1.54, 1.807) is 18.2 Å². The van der Waals surface area contributed by atoms with E-state index in [0.717, 1.165) is 0 Å². The third kappa shape index (κ3) is 2.97. The number of hydrogen-bond acceptors (Lipinski definition) is 4. The molecule has 0 amide bonds. The van der Waals surface area contributed by atoms with Gasteiger partial charge in [-0.25, -0.2) is 0 Å². The van der Waals surface area contributed by atoms with Crippen molar-refractivity contribution in [3.8, 4) is 5.75 Å². The van der Waals surface area contributed by atoms with Crippen molar-refractivity contribution in [1.29, 1.82) is 0 Å². The van der Waals surface area contributed by atoms with Crippen LogP contribution in [0, 0.1) is 0 Å². The summed E-state index contributed by atoms with van der Waals surface area (Å²) >= 11 is 0. The van der Waals surface area contributed by atoms with Crippen LogP contribution in [0.1, 0.15) is 0 Å². The van der Waals surface area contributed by atoms with E-state index in [9.17, 15) is 0 Å². The Bertz CT molecular complexity index is 302. The number of ether oxygens (including phenoxy) is 1. The van der Waals surface area contributed by atoms with E-state index in [2.05, 4.69) is 6.58 Å². The van der Waals surface area contributed by atoms with E-state index in [0.29, 0.717) is 12.4 Å². The van der Waals surface area contributed by atoms with E-state index in [1.165, 1.54) is 12.1 Å². The minimum atomic E-state index is -4.16. The van der Waals surface area contributed by atoms with Gasteiger partial charge in [0.1, 0.15) is 12.4 Å². The molecule has 0 heterocycles. The van der Waals surface area contributed by atoms with Crippen LogP contribution in [0.4, 0.5) is 0 Å². The van der Waals surface area contributed by atoms with Gasteiger partial charge in [0.05, 0.1) is 0 Å². The van der Waals surface area contributed by atoms with Crippen molar-refractivity contribution < 1.29 is 19.1 Å². The van der Waals surface area contributed by atoms with Crippen LogP contribution >= 0.6 is 0 Å². The maximum atomic E-state index is 8.95. The Kier molecular flexibility index (Phi) is 3.42. The molecule has 1 rings (SSSR count). The van der Waals surface area contributed by atoms with Crippen molar-refractivity contribution in [1.82, 2.24) is 0 Å². The van der Waals surface area contributed by atoms with E-state index >= 15 is 0 Å². The molecule has 0 atom stereocenters. The number of hydrogen-bond donors (Lipinski definition) is 3. The van der Waals surface area contributed by atoms with Gasteiger partial charge in [-0.3, -0.25) is 0 Å². The van der Waals surface area contributed by atoms with Crippen LogP contribution < -0.4 is 9.92 Å². The quantitative estimate of drug-likeness (QED) is 0.459. The molecule has 0 unspecified atom stereocenters. The highest BCUT2D eigenvalue weighted by Gasteiger charge is 2.29. The molecule has 0 bridgehead atoms. The zero-order valence-corrected chi connectivity index (χ0v) is 8.55. The van der Waals surface area contributed by atoms with Crippen LogP contribution in [0.15, 0.2) is 36.9 Å². The molecule has 4 nitrogen and oxygen atoms in total. The van der Waals surface area contributed by atoms with Gasteiger partial charge < -0.3 is 19.1 Å². The summed E-state index contributed by atoms with van der Waals surface area (Å²) in [5, 5.41) is 0.128. The number of rotatable bonds is 4. The Morgan fingerprint density at radius 3 is 2.21 bits per heavy atom. The maximum absolute atomic E-state index is 8.95. The second kappa shape index (κ2) is 4.38. The number of benzene rings is 1. The fraction of sp³-hybridized carbons (Fsp3) is 0.111. The van der Waals surface area contributed by atoms with Crippen LogP contribution in [0.3, 0.4) is 0 Å². The summed E-state index contributed by atoms with van der Waals surface area (Å²) in [4.78, 5) is 26.8. The third-order valence-corrected chi connectivity index (χ3v) is 2.72. The average Bonchev–Trinajstić information content (AvgIpc) is 2.14. The molecule has 14 heavy (non-hydrogen) atoms. The van der Waals surface area contributed by atoms with Crippen molar-refractivity contribution in [2.24, 2.45) is 0 Å². The highest BCUT2D eigenvalue weighted by Crippen LogP contribution is 2.08. The van der Waals surface area contributed by atoms with Gasteiger partial charge in [-0.05, 0) is 12.1 Å². The molecule has 0 aliphatic heterocycles. The molecule has 0 aromatic heterocycles. The summed E-state index contributed by atoms with van der Waals surface area (Å²) in [5.74, 6) is 0.590. The molecule has 76 valence electrons. The van der Waals surface area contributed by atoms with Crippen LogP contribution in [0.2, 0.25) is 0 Å². The highest BCUT2D eigenvalue weighted by molar-refractivity contribution is 6.71. The molecular weight excluding hydrogens is 200 g/mol. The molecule has 0 saturated heterocycles. The zero-order chi connectivity index (χ0) is 10.6. The van der Waals surface area contributed by atoms with Crippen LogP contribution in [-0.2, 0) is 0 Å². The van der Waals surface area contributed by atoms with Gasteiger partial charge >= 0.3 is 8.80 Å². The van der Waals surface area contributed by atoms with E-state index < -0.39 is 8.80 Å². The molecule has 1 aromatic carbocycles. The summed E-state index contributed by atoms with van der Waals surface area (Å²) in [7, 11) is -4.16. The van der Waals surface area contributed by atoms with Crippen LogP contribution in [0.5, 0.6) is 5.75 Å². The molecule has 0 aliphatic rings. The Hall–Kier alpha value is -1.14. The second-order valence-corrected chi connectivity index (χ2v) is 4.61. The van der Waals surface area contributed by atoms with E-state index in [-0.39, 0.29) is 5.19 Å². The van der Waals surface area contributed by atoms with E-state index in [4.69, 9.17) is 19.1 Å². The van der Waals surface area contributed by atoms with Crippen LogP contribution in [-0.4, -0.2) is 29.8 Å². The largest absolute Gasteiger partial charge is 0.528 e. The third-order valence-electron chi connectivity index (χ3n) is 1.61. The van der Waals surface area contributed by atoms with Gasteiger partial charge in [0.2, 0.25) is 0 Å². The minimum absolute atomic E-state index is 0.128. The van der Waals surface area contributed by atoms with Gasteiger partial charge in [-0.1, -0.05) is 24.8 Å². The standard InChI is InChI=1S/C9H12O4Si/c1-2-7-13-8-3-5-9(6-4-8)14(10,11)12/h2-6,10-12H,1,7H2. The van der Waals surface area contributed by atoms with Gasteiger partial charge in [-0.2, -0.15) is 0 Å². The highest BCUT2D eigenvalue weighted by atomic mass is 28.4. The molecular formula is C9H12O4Si. The summed E-state index contributed by atoms with van der Waals surface area (Å²) in [5.41, 5.74) is 0. The van der Waals surface area contributed by atoms with Gasteiger partial charge in [0.25, 0.3) is 0 Å². The summed E-state index contributed by atoms with van der Waals surface area (Å²) in [6.07, 6.45) is 1.61. The molecule has 0 spiro atoms. The first-order valence-corrected chi connectivity index (χ1v) is 5.89. The zero-order valence-electron chi connectivity index (χ0n) is 7.55. The fourth-order valence-electron chi connectivity index (χ4n) is 0.930. The van der Waals surface area contributed by atoms with Gasteiger partial charge in [0, 0.05) is 5.19 Å². The summed E-state index contributed by atoms with van der Waals surface area (Å²) in [6, 6.07) is 5.96. The normalized spacial score (nSPS) is 11.1. The topological polar surface area (TPSA) is 69.9 Å². The minimum Gasteiger partial charge on any atom is -0.490 e. The molecule has 3 N–H and O–H groups in total. The summed E-state index contributed by atoms with van der Waals surface area (Å²) < 4.78 is 5.18. The Labute approximate surface area is 83.1 Å². The SMILES string of the molecule is C=CCOc1ccc([Si](O)(O)O)cc1. The first-order chi connectivity index (χ1) is 6.54. The molecule has 5 heteroatoms. The molecule has 1 aromatic rings. The Balaban J connectivity index is 2.73. The molecule has 0 aliphatic carbocycles. The van der Waals surface area contributed by atoms with Gasteiger partial charge in [-0.15, -0.1) is 0 Å². The van der Waals surface area contributed by atoms with Crippen LogP contribution in [0.25, 0.3) is 0 Å². The lowest BCUT2D eigenvalue weighted by Gasteiger charge is -2.10. The fourth-order valence-corrected chi connectivity index (χ4v) is 1.54. The van der Waals surface area contributed by atoms with Gasteiger partial charge in [0.15, 0.2) is 0 Å². The lowest BCUT2D eigenvalue weighted by Crippen LogP contribution is -2.48. The summed E-state index contributed by atoms with van der Waals surface area (Å²) in [6.45, 7) is 3.88. The Morgan fingerprint density at radius 2 is 1.79 bits per heavy atom. The van der Waals surface area contributed by atoms with Crippen molar-refractivity contribution in [2.75, 3.05) is 6.61 Å². The maximum Gasteiger partial charge on any atom is 0.528 e. The molecule has 0 saturated carbocycles. The predicted octanol–water partition coefficient (Wildman–Crippen LogP) is -0.626. The first-order valence-electron chi connectivity index (χ1n) is 4.05. The lowest BCUT2D eigenvalue weighted by molar-refractivity contribution is 0.249. The lowest BCUT2D eigenvalue weighted by atomic mass is 10.3. The molecule has 0 radical (unpaired) electrons. The monoisotopic (exact) mass is 212 g/mol. The smallest absolute Gasteiger partial charge is 0.490 e. The van der Waals surface area contributed by atoms with Crippen molar-refractivity contribution in [3.05, 3.63) is 36.9 Å². The van der Waals surface area contributed by atoms with Crippen molar-refractivity contribution in [2.45, 2.75) is 0 Å². The van der Waals surface area contributed by atoms with Crippen molar-refractivity contribution >= 4 is 14.0 Å². The Morgan fingerprint density at radius 1 is 1.21 bits per heavy atom. The second-order valence-electron chi connectivity index (χ2n) is 2.76. The first kappa shape index (κ1) is 10.9.